The summed E-state index contributed by atoms with van der Waals surface area (Å²) in [5.41, 5.74) is 2.98. The van der Waals surface area contributed by atoms with Crippen LogP contribution >= 0.6 is 22.9 Å². The van der Waals surface area contributed by atoms with E-state index in [1.54, 1.807) is 6.07 Å². The SMILES string of the molecule is Cc1ccc(NC(=O)c2sc3cc(F)ccc3c2Cl)cc1C. The summed E-state index contributed by atoms with van der Waals surface area (Å²) in [6.07, 6.45) is 0. The molecule has 0 saturated heterocycles. The molecule has 0 fully saturated rings. The van der Waals surface area contributed by atoms with Crippen molar-refractivity contribution in [2.24, 2.45) is 0 Å². The number of anilines is 1. The van der Waals surface area contributed by atoms with Gasteiger partial charge in [0.25, 0.3) is 5.91 Å². The smallest absolute Gasteiger partial charge is 0.267 e. The normalized spacial score (nSPS) is 10.9. The summed E-state index contributed by atoms with van der Waals surface area (Å²) in [5.74, 6) is -0.624. The van der Waals surface area contributed by atoms with Crippen LogP contribution in [0.3, 0.4) is 0 Å². The molecule has 0 radical (unpaired) electrons. The van der Waals surface area contributed by atoms with Crippen LogP contribution in [-0.4, -0.2) is 5.91 Å². The second kappa shape index (κ2) is 5.71. The fourth-order valence-corrected chi connectivity index (χ4v) is 3.63. The molecule has 0 saturated carbocycles. The van der Waals surface area contributed by atoms with Crippen molar-refractivity contribution in [1.82, 2.24) is 0 Å². The van der Waals surface area contributed by atoms with Gasteiger partial charge in [0.1, 0.15) is 10.7 Å². The van der Waals surface area contributed by atoms with Gasteiger partial charge in [-0.15, -0.1) is 11.3 Å². The number of hydrogen-bond donors (Lipinski definition) is 1. The first-order valence-corrected chi connectivity index (χ1v) is 7.91. The van der Waals surface area contributed by atoms with Crippen LogP contribution in [-0.2, 0) is 0 Å². The van der Waals surface area contributed by atoms with E-state index in [9.17, 15) is 9.18 Å². The highest BCUT2D eigenvalue weighted by molar-refractivity contribution is 7.21. The largest absolute Gasteiger partial charge is 0.321 e. The molecule has 1 aromatic heterocycles. The Kier molecular flexibility index (Phi) is 3.89. The minimum atomic E-state index is -0.341. The van der Waals surface area contributed by atoms with E-state index in [1.807, 2.05) is 32.0 Å². The van der Waals surface area contributed by atoms with Gasteiger partial charge in [0.2, 0.25) is 0 Å². The number of halogens is 2. The molecule has 2 nitrogen and oxygen atoms in total. The topological polar surface area (TPSA) is 29.1 Å². The van der Waals surface area contributed by atoms with E-state index < -0.39 is 0 Å². The van der Waals surface area contributed by atoms with Crippen molar-refractivity contribution in [3.8, 4) is 0 Å². The van der Waals surface area contributed by atoms with Gasteiger partial charge in [-0.2, -0.15) is 0 Å². The molecule has 3 rings (SSSR count). The van der Waals surface area contributed by atoms with Crippen LogP contribution in [0.4, 0.5) is 10.1 Å². The molecule has 5 heteroatoms. The lowest BCUT2D eigenvalue weighted by Crippen LogP contribution is -2.10. The maximum absolute atomic E-state index is 13.3. The van der Waals surface area contributed by atoms with Crippen LogP contribution in [0.25, 0.3) is 10.1 Å². The molecule has 22 heavy (non-hydrogen) atoms. The van der Waals surface area contributed by atoms with Gasteiger partial charge < -0.3 is 5.32 Å². The van der Waals surface area contributed by atoms with Gasteiger partial charge in [-0.3, -0.25) is 4.79 Å². The van der Waals surface area contributed by atoms with Gasteiger partial charge >= 0.3 is 0 Å². The lowest BCUT2D eigenvalue weighted by molar-refractivity contribution is 0.103. The Morgan fingerprint density at radius 3 is 2.64 bits per heavy atom. The monoisotopic (exact) mass is 333 g/mol. The van der Waals surface area contributed by atoms with Crippen LogP contribution in [0, 0.1) is 19.7 Å². The molecular formula is C17H13ClFNOS. The van der Waals surface area contributed by atoms with Crippen LogP contribution in [0.5, 0.6) is 0 Å². The molecule has 112 valence electrons. The molecule has 0 spiro atoms. The summed E-state index contributed by atoms with van der Waals surface area (Å²) in [7, 11) is 0. The first kappa shape index (κ1) is 15.0. The molecule has 0 unspecified atom stereocenters. The first-order valence-electron chi connectivity index (χ1n) is 6.72. The van der Waals surface area contributed by atoms with Gasteiger partial charge in [-0.1, -0.05) is 17.7 Å². The average molecular weight is 334 g/mol. The predicted molar refractivity (Wildman–Crippen MR) is 90.7 cm³/mol. The summed E-state index contributed by atoms with van der Waals surface area (Å²) in [4.78, 5) is 12.8. The lowest BCUT2D eigenvalue weighted by atomic mass is 10.1. The van der Waals surface area contributed by atoms with Crippen LogP contribution < -0.4 is 5.32 Å². The number of benzene rings is 2. The number of carbonyl (C=O) groups is 1. The minimum Gasteiger partial charge on any atom is -0.321 e. The molecule has 3 aromatic rings. The fourth-order valence-electron chi connectivity index (χ4n) is 2.19. The number of rotatable bonds is 2. The quantitative estimate of drug-likeness (QED) is 0.653. The Hall–Kier alpha value is -1.91. The van der Waals surface area contributed by atoms with E-state index in [-0.39, 0.29) is 11.7 Å². The Morgan fingerprint density at radius 2 is 1.91 bits per heavy atom. The van der Waals surface area contributed by atoms with E-state index in [0.29, 0.717) is 25.7 Å². The maximum Gasteiger partial charge on any atom is 0.267 e. The van der Waals surface area contributed by atoms with Crippen molar-refractivity contribution in [2.75, 3.05) is 5.32 Å². The standard InChI is InChI=1S/C17H13ClFNOS/c1-9-3-5-12(7-10(9)2)20-17(21)16-15(18)13-6-4-11(19)8-14(13)22-16/h3-8H,1-2H3,(H,20,21). The van der Waals surface area contributed by atoms with E-state index >= 15 is 0 Å². The second-order valence-electron chi connectivity index (χ2n) is 5.14. The molecule has 1 N–H and O–H groups in total. The molecule has 1 heterocycles. The molecule has 0 atom stereocenters. The molecule has 0 bridgehead atoms. The van der Waals surface area contributed by atoms with E-state index in [2.05, 4.69) is 5.32 Å². The van der Waals surface area contributed by atoms with Crippen molar-refractivity contribution in [3.05, 3.63) is 63.2 Å². The van der Waals surface area contributed by atoms with Crippen molar-refractivity contribution in [3.63, 3.8) is 0 Å². The van der Waals surface area contributed by atoms with Crippen LogP contribution in [0.15, 0.2) is 36.4 Å². The van der Waals surface area contributed by atoms with Gasteiger partial charge in [-0.25, -0.2) is 4.39 Å². The number of fused-ring (bicyclic) bond motifs is 1. The van der Waals surface area contributed by atoms with Crippen LogP contribution in [0.1, 0.15) is 20.8 Å². The van der Waals surface area contributed by atoms with Gasteiger partial charge in [0.15, 0.2) is 0 Å². The molecule has 0 aliphatic rings. The van der Waals surface area contributed by atoms with Crippen LogP contribution in [0.2, 0.25) is 5.02 Å². The fraction of sp³-hybridized carbons (Fsp3) is 0.118. The third kappa shape index (κ3) is 2.72. The number of amides is 1. The highest BCUT2D eigenvalue weighted by atomic mass is 35.5. The lowest BCUT2D eigenvalue weighted by Gasteiger charge is -2.06. The first-order chi connectivity index (χ1) is 10.5. The van der Waals surface area contributed by atoms with Gasteiger partial charge in [0, 0.05) is 15.8 Å². The Balaban J connectivity index is 1.94. The highest BCUT2D eigenvalue weighted by Crippen LogP contribution is 2.36. The Labute approximate surface area is 136 Å². The zero-order chi connectivity index (χ0) is 15.9. The molecule has 1 amide bonds. The highest BCUT2D eigenvalue weighted by Gasteiger charge is 2.17. The van der Waals surface area contributed by atoms with Crippen molar-refractivity contribution in [1.29, 1.82) is 0 Å². The average Bonchev–Trinajstić information content (AvgIpc) is 2.79. The minimum absolute atomic E-state index is 0.283. The number of thiophene rings is 1. The zero-order valence-corrected chi connectivity index (χ0v) is 13.6. The molecule has 0 aliphatic carbocycles. The van der Waals surface area contributed by atoms with Gasteiger partial charge in [0.05, 0.1) is 5.02 Å². The molecule has 2 aromatic carbocycles. The maximum atomic E-state index is 13.3. The second-order valence-corrected chi connectivity index (χ2v) is 6.57. The van der Waals surface area contributed by atoms with E-state index in [0.717, 1.165) is 11.1 Å². The van der Waals surface area contributed by atoms with Crippen molar-refractivity contribution < 1.29 is 9.18 Å². The van der Waals surface area contributed by atoms with Gasteiger partial charge in [-0.05, 0) is 55.3 Å². The van der Waals surface area contributed by atoms with E-state index in [1.165, 1.54) is 23.5 Å². The molecule has 0 aliphatic heterocycles. The Bertz CT molecular complexity index is 888. The Morgan fingerprint density at radius 1 is 1.14 bits per heavy atom. The third-order valence-corrected chi connectivity index (χ3v) is 5.22. The zero-order valence-electron chi connectivity index (χ0n) is 12.0. The van der Waals surface area contributed by atoms with Crippen molar-refractivity contribution in [2.45, 2.75) is 13.8 Å². The third-order valence-electron chi connectivity index (χ3n) is 3.56. The summed E-state index contributed by atoms with van der Waals surface area (Å²) in [6, 6.07) is 10.0. The summed E-state index contributed by atoms with van der Waals surface area (Å²) in [6.45, 7) is 4.00. The number of aryl methyl sites for hydroxylation is 2. The van der Waals surface area contributed by atoms with Crippen molar-refractivity contribution >= 4 is 44.6 Å². The summed E-state index contributed by atoms with van der Waals surface area (Å²) in [5, 5.41) is 3.89. The number of hydrogen-bond acceptors (Lipinski definition) is 2. The summed E-state index contributed by atoms with van der Waals surface area (Å²) >= 11 is 7.44. The number of nitrogens with one attached hydrogen (secondary N) is 1. The predicted octanol–water partition coefficient (Wildman–Crippen LogP) is 5.56. The molecular weight excluding hydrogens is 321 g/mol. The summed E-state index contributed by atoms with van der Waals surface area (Å²) < 4.78 is 13.9. The van der Waals surface area contributed by atoms with E-state index in [4.69, 9.17) is 11.6 Å². The number of carbonyl (C=O) groups excluding carboxylic acids is 1.